The van der Waals surface area contributed by atoms with Crippen LogP contribution in [0.3, 0.4) is 0 Å². The molecule has 1 aromatic heterocycles. The van der Waals surface area contributed by atoms with Crippen LogP contribution in [0, 0.1) is 5.41 Å². The van der Waals surface area contributed by atoms with Crippen molar-refractivity contribution >= 4 is 15.9 Å². The zero-order chi connectivity index (χ0) is 14.4. The molecular formula is C13H17N3O3S. The number of carbonyl (C=O) groups excluding carboxylic acids is 1. The number of hydrogen-bond acceptors (Lipinski definition) is 4. The topological polar surface area (TPSA) is 70.6 Å². The molecule has 0 saturated carbocycles. The van der Waals surface area contributed by atoms with E-state index in [2.05, 4.69) is 4.98 Å². The number of rotatable bonds is 2. The minimum Gasteiger partial charge on any atom is -0.338 e. The number of carbonyl (C=O) groups is 1. The molecule has 0 bridgehead atoms. The summed E-state index contributed by atoms with van der Waals surface area (Å²) in [7, 11) is -3.10. The first-order valence-corrected chi connectivity index (χ1v) is 8.39. The fraction of sp³-hybridized carbons (Fsp3) is 0.538. The van der Waals surface area contributed by atoms with Crippen LogP contribution < -0.4 is 0 Å². The van der Waals surface area contributed by atoms with Gasteiger partial charge in [0.1, 0.15) is 0 Å². The number of likely N-dealkylation sites (tertiary alicyclic amines) is 1. The average Bonchev–Trinajstić information content (AvgIpc) is 2.81. The van der Waals surface area contributed by atoms with E-state index in [0.717, 1.165) is 6.42 Å². The Morgan fingerprint density at radius 2 is 2.10 bits per heavy atom. The van der Waals surface area contributed by atoms with Crippen LogP contribution in [0.15, 0.2) is 24.5 Å². The van der Waals surface area contributed by atoms with Gasteiger partial charge in [-0.25, -0.2) is 12.7 Å². The quantitative estimate of drug-likeness (QED) is 0.781. The van der Waals surface area contributed by atoms with Crippen molar-refractivity contribution in [2.75, 3.05) is 32.4 Å². The molecule has 3 rings (SSSR count). The highest BCUT2D eigenvalue weighted by atomic mass is 32.2. The summed E-state index contributed by atoms with van der Waals surface area (Å²) >= 11 is 0. The number of sulfonamides is 1. The van der Waals surface area contributed by atoms with E-state index in [9.17, 15) is 13.2 Å². The predicted molar refractivity (Wildman–Crippen MR) is 73.6 cm³/mol. The molecule has 0 N–H and O–H groups in total. The van der Waals surface area contributed by atoms with Gasteiger partial charge in [-0.15, -0.1) is 0 Å². The Morgan fingerprint density at radius 3 is 2.70 bits per heavy atom. The third-order valence-corrected chi connectivity index (χ3v) is 5.32. The van der Waals surface area contributed by atoms with Crippen molar-refractivity contribution in [2.24, 2.45) is 5.41 Å². The lowest BCUT2D eigenvalue weighted by Gasteiger charge is -2.46. The van der Waals surface area contributed by atoms with Gasteiger partial charge in [-0.05, 0) is 18.6 Å². The molecular weight excluding hydrogens is 278 g/mol. The fourth-order valence-corrected chi connectivity index (χ4v) is 3.99. The van der Waals surface area contributed by atoms with Crippen LogP contribution in [-0.2, 0) is 10.0 Å². The number of nitrogens with zero attached hydrogens (tertiary/aromatic N) is 3. The summed E-state index contributed by atoms with van der Waals surface area (Å²) in [5.74, 6) is -0.0206. The van der Waals surface area contributed by atoms with Crippen molar-refractivity contribution in [3.05, 3.63) is 30.1 Å². The Hall–Kier alpha value is -1.47. The number of pyridine rings is 1. The van der Waals surface area contributed by atoms with E-state index in [1.165, 1.54) is 10.6 Å². The van der Waals surface area contributed by atoms with E-state index < -0.39 is 10.0 Å². The van der Waals surface area contributed by atoms with Crippen LogP contribution in [0.25, 0.3) is 0 Å². The van der Waals surface area contributed by atoms with Crippen molar-refractivity contribution in [3.8, 4) is 0 Å². The monoisotopic (exact) mass is 295 g/mol. The molecule has 1 amide bonds. The maximum Gasteiger partial charge on any atom is 0.255 e. The first-order valence-electron chi connectivity index (χ1n) is 6.54. The first-order chi connectivity index (χ1) is 9.40. The van der Waals surface area contributed by atoms with Crippen molar-refractivity contribution in [1.29, 1.82) is 0 Å². The second-order valence-electron chi connectivity index (χ2n) is 5.75. The Labute approximate surface area is 118 Å². The lowest BCUT2D eigenvalue weighted by Crippen LogP contribution is -2.59. The van der Waals surface area contributed by atoms with E-state index in [0.29, 0.717) is 31.7 Å². The third kappa shape index (κ3) is 2.31. The zero-order valence-corrected chi connectivity index (χ0v) is 12.1. The Balaban J connectivity index is 1.66. The van der Waals surface area contributed by atoms with Gasteiger partial charge in [0.2, 0.25) is 10.0 Å². The van der Waals surface area contributed by atoms with Crippen molar-refractivity contribution < 1.29 is 13.2 Å². The summed E-state index contributed by atoms with van der Waals surface area (Å²) in [4.78, 5) is 18.1. The number of aromatic nitrogens is 1. The molecule has 7 heteroatoms. The molecule has 1 spiro atoms. The van der Waals surface area contributed by atoms with E-state index in [1.807, 2.05) is 0 Å². The molecule has 20 heavy (non-hydrogen) atoms. The summed E-state index contributed by atoms with van der Waals surface area (Å²) in [6, 6.07) is 3.50. The van der Waals surface area contributed by atoms with E-state index in [-0.39, 0.29) is 11.3 Å². The van der Waals surface area contributed by atoms with Gasteiger partial charge in [0.15, 0.2) is 0 Å². The Kier molecular flexibility index (Phi) is 3.06. The smallest absolute Gasteiger partial charge is 0.255 e. The van der Waals surface area contributed by atoms with Crippen LogP contribution in [0.5, 0.6) is 0 Å². The van der Waals surface area contributed by atoms with Crippen molar-refractivity contribution in [3.63, 3.8) is 0 Å². The first kappa shape index (κ1) is 13.5. The second kappa shape index (κ2) is 4.53. The SMILES string of the molecule is CS(=O)(=O)N1CC2(CCN(C(=O)c3cccnc3)C2)C1. The fourth-order valence-electron chi connectivity index (χ4n) is 2.97. The summed E-state index contributed by atoms with van der Waals surface area (Å²) in [6.45, 7) is 2.38. The normalized spacial score (nSPS) is 21.9. The van der Waals surface area contributed by atoms with Crippen molar-refractivity contribution in [2.45, 2.75) is 6.42 Å². The van der Waals surface area contributed by atoms with Gasteiger partial charge in [-0.3, -0.25) is 9.78 Å². The van der Waals surface area contributed by atoms with Crippen molar-refractivity contribution in [1.82, 2.24) is 14.2 Å². The highest BCUT2D eigenvalue weighted by molar-refractivity contribution is 7.88. The molecule has 2 aliphatic heterocycles. The zero-order valence-electron chi connectivity index (χ0n) is 11.3. The van der Waals surface area contributed by atoms with Crippen LogP contribution in [0.1, 0.15) is 16.8 Å². The van der Waals surface area contributed by atoms with Gasteiger partial charge in [-0.1, -0.05) is 0 Å². The van der Waals surface area contributed by atoms with Gasteiger partial charge in [0.05, 0.1) is 11.8 Å². The highest BCUT2D eigenvalue weighted by Crippen LogP contribution is 2.40. The molecule has 2 aliphatic rings. The molecule has 108 valence electrons. The molecule has 3 heterocycles. The van der Waals surface area contributed by atoms with Gasteiger partial charge in [0, 0.05) is 44.0 Å². The highest BCUT2D eigenvalue weighted by Gasteiger charge is 2.51. The number of hydrogen-bond donors (Lipinski definition) is 0. The van der Waals surface area contributed by atoms with Crippen LogP contribution in [0.4, 0.5) is 0 Å². The Bertz CT molecular complexity index is 624. The van der Waals surface area contributed by atoms with E-state index >= 15 is 0 Å². The van der Waals surface area contributed by atoms with Gasteiger partial charge < -0.3 is 4.90 Å². The minimum absolute atomic E-state index is 0.0206. The maximum absolute atomic E-state index is 12.3. The largest absolute Gasteiger partial charge is 0.338 e. The lowest BCUT2D eigenvalue weighted by molar-refractivity contribution is 0.0626. The lowest BCUT2D eigenvalue weighted by atomic mass is 9.81. The Morgan fingerprint density at radius 1 is 1.35 bits per heavy atom. The third-order valence-electron chi connectivity index (χ3n) is 4.13. The summed E-state index contributed by atoms with van der Waals surface area (Å²) in [5.41, 5.74) is 0.546. The standard InChI is InChI=1S/C13H17N3O3S/c1-20(18,19)16-9-13(10-16)4-6-15(8-13)12(17)11-3-2-5-14-7-11/h2-3,5,7H,4,6,8-10H2,1H3. The molecule has 0 aromatic carbocycles. The van der Waals surface area contributed by atoms with E-state index in [4.69, 9.17) is 0 Å². The average molecular weight is 295 g/mol. The van der Waals surface area contributed by atoms with Crippen LogP contribution in [0.2, 0.25) is 0 Å². The molecule has 2 fully saturated rings. The molecule has 0 unspecified atom stereocenters. The molecule has 0 radical (unpaired) electrons. The summed E-state index contributed by atoms with van der Waals surface area (Å²) in [5, 5.41) is 0. The summed E-state index contributed by atoms with van der Waals surface area (Å²) in [6.07, 6.45) is 5.30. The minimum atomic E-state index is -3.10. The maximum atomic E-state index is 12.3. The molecule has 0 atom stereocenters. The molecule has 0 aliphatic carbocycles. The van der Waals surface area contributed by atoms with Crippen LogP contribution >= 0.6 is 0 Å². The van der Waals surface area contributed by atoms with Gasteiger partial charge in [0.25, 0.3) is 5.91 Å². The molecule has 1 aromatic rings. The summed E-state index contributed by atoms with van der Waals surface area (Å²) < 4.78 is 24.3. The number of amides is 1. The van der Waals surface area contributed by atoms with E-state index in [1.54, 1.807) is 29.4 Å². The van der Waals surface area contributed by atoms with Gasteiger partial charge in [-0.2, -0.15) is 0 Å². The predicted octanol–water partition coefficient (Wildman–Crippen LogP) is 0.189. The second-order valence-corrected chi connectivity index (χ2v) is 7.73. The molecule has 2 saturated heterocycles. The molecule has 6 nitrogen and oxygen atoms in total. The van der Waals surface area contributed by atoms with Crippen LogP contribution in [-0.4, -0.2) is 60.9 Å². The van der Waals surface area contributed by atoms with Gasteiger partial charge >= 0.3 is 0 Å².